The minimum Gasteiger partial charge on any atom is -0.374 e. The Morgan fingerprint density at radius 3 is 2.14 bits per heavy atom. The van der Waals surface area contributed by atoms with Gasteiger partial charge >= 0.3 is 0 Å². The summed E-state index contributed by atoms with van der Waals surface area (Å²) in [7, 11) is 0. The lowest BCUT2D eigenvalue weighted by Gasteiger charge is -2.34. The zero-order valence-electron chi connectivity index (χ0n) is 20.1. The van der Waals surface area contributed by atoms with Crippen LogP contribution in [0, 0.1) is 0 Å². The van der Waals surface area contributed by atoms with Crippen molar-refractivity contribution in [3.8, 4) is 0 Å². The van der Waals surface area contributed by atoms with Crippen molar-refractivity contribution in [2.75, 3.05) is 31.1 Å². The van der Waals surface area contributed by atoms with Crippen LogP contribution in [-0.4, -0.2) is 62.1 Å². The summed E-state index contributed by atoms with van der Waals surface area (Å²) in [5.74, 6) is -0.0247. The molecule has 1 aliphatic heterocycles. The van der Waals surface area contributed by atoms with Crippen LogP contribution >= 0.6 is 11.3 Å². The van der Waals surface area contributed by atoms with Crippen LogP contribution in [0.1, 0.15) is 16.8 Å². The molecule has 37 heavy (non-hydrogen) atoms. The maximum absolute atomic E-state index is 13.1. The van der Waals surface area contributed by atoms with Crippen LogP contribution in [0.5, 0.6) is 0 Å². The van der Waals surface area contributed by atoms with E-state index in [1.165, 1.54) is 9.38 Å². The number of thiazole rings is 1. The molecule has 1 fully saturated rings. The molecule has 5 aromatic rings. The fourth-order valence-electron chi connectivity index (χ4n) is 4.74. The molecule has 0 radical (unpaired) electrons. The van der Waals surface area contributed by atoms with Crippen molar-refractivity contribution in [3.05, 3.63) is 108 Å². The second-order valence-electron chi connectivity index (χ2n) is 9.08. The van der Waals surface area contributed by atoms with Gasteiger partial charge in [-0.25, -0.2) is 9.67 Å². The normalized spacial score (nSPS) is 14.3. The average Bonchev–Trinajstić information content (AvgIpc) is 3.61. The third-order valence-corrected chi connectivity index (χ3v) is 7.87. The number of amides is 1. The van der Waals surface area contributed by atoms with E-state index in [0.717, 1.165) is 23.7 Å². The van der Waals surface area contributed by atoms with Gasteiger partial charge in [0.05, 0.1) is 16.4 Å². The van der Waals surface area contributed by atoms with Gasteiger partial charge in [0.25, 0.3) is 0 Å². The summed E-state index contributed by atoms with van der Waals surface area (Å²) < 4.78 is 2.68. The number of benzene rings is 3. The monoisotopic (exact) mass is 510 g/mol. The number of nitrogens with zero attached hydrogens (tertiary/aromatic N) is 6. The Morgan fingerprint density at radius 2 is 1.49 bits per heavy atom. The van der Waals surface area contributed by atoms with E-state index in [9.17, 15) is 9.90 Å². The highest BCUT2D eigenvalue weighted by molar-refractivity contribution is 7.22. The van der Waals surface area contributed by atoms with E-state index in [4.69, 9.17) is 4.98 Å². The zero-order valence-corrected chi connectivity index (χ0v) is 21.0. The molecule has 3 heterocycles. The molecule has 0 unspecified atom stereocenters. The van der Waals surface area contributed by atoms with Crippen LogP contribution in [0.15, 0.2) is 91.1 Å². The van der Waals surface area contributed by atoms with Crippen LogP contribution in [-0.2, 0) is 16.9 Å². The predicted octanol–water partition coefficient (Wildman–Crippen LogP) is 3.52. The van der Waals surface area contributed by atoms with E-state index in [1.54, 1.807) is 17.5 Å². The molecule has 9 heteroatoms. The number of hydrogen-bond acceptors (Lipinski definition) is 7. The number of hydrogen-bond donors (Lipinski definition) is 1. The van der Waals surface area contributed by atoms with Crippen LogP contribution in [0.3, 0.4) is 0 Å². The van der Waals surface area contributed by atoms with E-state index in [1.807, 2.05) is 83.8 Å². The van der Waals surface area contributed by atoms with Gasteiger partial charge in [-0.3, -0.25) is 4.79 Å². The smallest absolute Gasteiger partial charge is 0.244 e. The van der Waals surface area contributed by atoms with Gasteiger partial charge in [-0.15, -0.1) is 5.10 Å². The maximum atomic E-state index is 13.1. The highest BCUT2D eigenvalue weighted by Crippen LogP contribution is 2.35. The molecule has 1 aliphatic rings. The Morgan fingerprint density at radius 1 is 0.865 bits per heavy atom. The number of fused-ring (bicyclic) bond motifs is 1. The second kappa shape index (κ2) is 9.76. The van der Waals surface area contributed by atoms with Crippen molar-refractivity contribution in [1.29, 1.82) is 0 Å². The highest BCUT2D eigenvalue weighted by Gasteiger charge is 2.37. The number of carbonyl (C=O) groups excluding carboxylic acids is 1. The van der Waals surface area contributed by atoms with E-state index < -0.39 is 5.60 Å². The van der Waals surface area contributed by atoms with Crippen molar-refractivity contribution in [1.82, 2.24) is 24.9 Å². The summed E-state index contributed by atoms with van der Waals surface area (Å²) >= 11 is 1.68. The van der Waals surface area contributed by atoms with E-state index in [-0.39, 0.29) is 12.5 Å². The third kappa shape index (κ3) is 4.47. The van der Waals surface area contributed by atoms with Gasteiger partial charge in [0.15, 0.2) is 10.7 Å². The Labute approximate surface area is 218 Å². The third-order valence-electron chi connectivity index (χ3n) is 6.78. The number of aliphatic hydroxyl groups is 1. The lowest BCUT2D eigenvalue weighted by Crippen LogP contribution is -2.49. The van der Waals surface area contributed by atoms with Gasteiger partial charge in [-0.2, -0.15) is 0 Å². The Hall–Kier alpha value is -4.08. The molecule has 0 atom stereocenters. The summed E-state index contributed by atoms with van der Waals surface area (Å²) in [5, 5.41) is 21.4. The fourth-order valence-corrected chi connectivity index (χ4v) is 5.76. The summed E-state index contributed by atoms with van der Waals surface area (Å²) in [5.41, 5.74) is 1.27. The fraction of sp³-hybridized carbons (Fsp3) is 0.214. The SMILES string of the molecule is O=C(Cn1cc(C(O)(c2ccccc2)c2ccccc2)nn1)N1CCN(c2nc3ccccc3s2)CC1. The van der Waals surface area contributed by atoms with Gasteiger partial charge in [-0.1, -0.05) is 89.3 Å². The number of carbonyl (C=O) groups is 1. The second-order valence-corrected chi connectivity index (χ2v) is 10.1. The van der Waals surface area contributed by atoms with Crippen LogP contribution in [0.4, 0.5) is 5.13 Å². The molecule has 8 nitrogen and oxygen atoms in total. The van der Waals surface area contributed by atoms with E-state index in [0.29, 0.717) is 29.9 Å². The van der Waals surface area contributed by atoms with Gasteiger partial charge in [0.2, 0.25) is 5.91 Å². The Balaban J connectivity index is 1.15. The first-order valence-corrected chi connectivity index (χ1v) is 13.1. The molecule has 1 N–H and O–H groups in total. The van der Waals surface area contributed by atoms with Gasteiger partial charge in [0, 0.05) is 26.2 Å². The minimum absolute atomic E-state index is 0.0247. The summed E-state index contributed by atoms with van der Waals surface area (Å²) in [6.07, 6.45) is 1.66. The molecule has 3 aromatic carbocycles. The van der Waals surface area contributed by atoms with Crippen molar-refractivity contribution in [2.45, 2.75) is 12.1 Å². The lowest BCUT2D eigenvalue weighted by molar-refractivity contribution is -0.132. The van der Waals surface area contributed by atoms with Crippen molar-refractivity contribution in [3.63, 3.8) is 0 Å². The number of anilines is 1. The molecule has 0 saturated carbocycles. The predicted molar refractivity (Wildman–Crippen MR) is 143 cm³/mol. The molecule has 186 valence electrons. The highest BCUT2D eigenvalue weighted by atomic mass is 32.1. The van der Waals surface area contributed by atoms with Gasteiger partial charge < -0.3 is 14.9 Å². The molecule has 2 aromatic heterocycles. The van der Waals surface area contributed by atoms with Crippen LogP contribution in [0.25, 0.3) is 10.2 Å². The van der Waals surface area contributed by atoms with Crippen molar-refractivity contribution >= 4 is 32.6 Å². The van der Waals surface area contributed by atoms with E-state index in [2.05, 4.69) is 21.3 Å². The largest absolute Gasteiger partial charge is 0.374 e. The van der Waals surface area contributed by atoms with Crippen molar-refractivity contribution < 1.29 is 9.90 Å². The topological polar surface area (TPSA) is 87.4 Å². The van der Waals surface area contributed by atoms with Crippen LogP contribution < -0.4 is 4.90 Å². The minimum atomic E-state index is -1.48. The number of rotatable bonds is 6. The quantitative estimate of drug-likeness (QED) is 0.376. The summed E-state index contributed by atoms with van der Waals surface area (Å²) in [6.45, 7) is 2.77. The first kappa shape index (κ1) is 23.3. The summed E-state index contributed by atoms with van der Waals surface area (Å²) in [4.78, 5) is 21.9. The molecule has 1 amide bonds. The lowest BCUT2D eigenvalue weighted by atomic mass is 9.84. The first-order chi connectivity index (χ1) is 18.1. The van der Waals surface area contributed by atoms with Crippen LogP contribution in [0.2, 0.25) is 0 Å². The number of piperazine rings is 1. The number of aromatic nitrogens is 4. The van der Waals surface area contributed by atoms with Crippen molar-refractivity contribution in [2.24, 2.45) is 0 Å². The molecule has 0 spiro atoms. The molecule has 1 saturated heterocycles. The molecule has 6 rings (SSSR count). The molecular formula is C28H26N6O2S. The standard InChI is InChI=1S/C28H26N6O2S/c35-26(32-15-17-33(18-16-32)27-29-23-13-7-8-14-24(23)37-27)20-34-19-25(30-31-34)28(36,21-9-3-1-4-10-21)22-11-5-2-6-12-22/h1-14,19,36H,15-18,20H2. The maximum Gasteiger partial charge on any atom is 0.244 e. The summed E-state index contributed by atoms with van der Waals surface area (Å²) in [6, 6.07) is 26.9. The average molecular weight is 511 g/mol. The Bertz CT molecular complexity index is 1440. The van der Waals surface area contributed by atoms with E-state index >= 15 is 0 Å². The van der Waals surface area contributed by atoms with Gasteiger partial charge in [0.1, 0.15) is 12.2 Å². The molecule has 0 bridgehead atoms. The zero-order chi connectivity index (χ0) is 25.2. The Kier molecular flexibility index (Phi) is 6.15. The number of para-hydroxylation sites is 1. The first-order valence-electron chi connectivity index (χ1n) is 12.2. The molecular weight excluding hydrogens is 484 g/mol. The molecule has 0 aliphatic carbocycles. The van der Waals surface area contributed by atoms with Gasteiger partial charge in [-0.05, 0) is 23.3 Å².